The summed E-state index contributed by atoms with van der Waals surface area (Å²) in [5, 5.41) is 4.96. The summed E-state index contributed by atoms with van der Waals surface area (Å²) in [6.45, 7) is 0. The number of ether oxygens (including phenoxy) is 2. The maximum absolute atomic E-state index is 11.1. The number of nitrogens with two attached hydrogens (primary N) is 1. The largest absolute Gasteiger partial charge is 0.474 e. The lowest BCUT2D eigenvalue weighted by Gasteiger charge is -2.10. The van der Waals surface area contributed by atoms with Gasteiger partial charge in [-0.15, -0.1) is 0 Å². The highest BCUT2D eigenvalue weighted by Gasteiger charge is 2.13. The molecule has 0 spiro atoms. The van der Waals surface area contributed by atoms with Crippen LogP contribution >= 0.6 is 23.2 Å². The van der Waals surface area contributed by atoms with Gasteiger partial charge in [-0.25, -0.2) is 13.6 Å². The van der Waals surface area contributed by atoms with Crippen molar-refractivity contribution in [2.45, 2.75) is 4.90 Å². The summed E-state index contributed by atoms with van der Waals surface area (Å²) >= 11 is 10.8. The van der Waals surface area contributed by atoms with Crippen molar-refractivity contribution in [3.63, 3.8) is 0 Å². The average molecular weight is 286 g/mol. The van der Waals surface area contributed by atoms with E-state index in [4.69, 9.17) is 37.8 Å². The Bertz CT molecular complexity index is 463. The molecule has 5 nitrogen and oxygen atoms in total. The van der Waals surface area contributed by atoms with Crippen molar-refractivity contribution in [1.29, 1.82) is 0 Å². The minimum Gasteiger partial charge on any atom is -0.474 e. The van der Waals surface area contributed by atoms with Gasteiger partial charge in [0, 0.05) is 6.07 Å². The maximum Gasteiger partial charge on any atom is 0.238 e. The molecule has 0 unspecified atom stereocenters. The summed E-state index contributed by atoms with van der Waals surface area (Å²) in [7, 11) is -3.79. The van der Waals surface area contributed by atoms with Gasteiger partial charge in [-0.05, 0) is 12.1 Å². The van der Waals surface area contributed by atoms with Gasteiger partial charge in [0.25, 0.3) is 0 Å². The fourth-order valence-electron chi connectivity index (χ4n) is 1.01. The molecule has 0 heterocycles. The molecule has 0 atom stereocenters. The number of primary sulfonamides is 1. The standard InChI is InChI=1S/C8H9Cl2NO4S/c9-4-14-7-2-1-6(16(11,12)13)3-8(7)15-5-10/h1-3H,4-5H2,(H2,11,12,13). The Morgan fingerprint density at radius 2 is 1.69 bits per heavy atom. The van der Waals surface area contributed by atoms with E-state index in [9.17, 15) is 8.42 Å². The van der Waals surface area contributed by atoms with E-state index in [1.807, 2.05) is 0 Å². The first-order valence-corrected chi connectivity index (χ1v) is 6.65. The molecule has 16 heavy (non-hydrogen) atoms. The number of benzene rings is 1. The van der Waals surface area contributed by atoms with Crippen molar-refractivity contribution >= 4 is 33.2 Å². The van der Waals surface area contributed by atoms with Crippen LogP contribution in [-0.2, 0) is 10.0 Å². The molecule has 0 aromatic heterocycles. The van der Waals surface area contributed by atoms with Crippen LogP contribution in [0.1, 0.15) is 0 Å². The topological polar surface area (TPSA) is 78.6 Å². The van der Waals surface area contributed by atoms with Crippen molar-refractivity contribution in [3.05, 3.63) is 18.2 Å². The molecule has 2 N–H and O–H groups in total. The van der Waals surface area contributed by atoms with E-state index in [1.165, 1.54) is 18.2 Å². The predicted octanol–water partition coefficient (Wildman–Crippen LogP) is 1.48. The monoisotopic (exact) mass is 285 g/mol. The number of halogens is 2. The first-order valence-electron chi connectivity index (χ1n) is 4.03. The SMILES string of the molecule is NS(=O)(=O)c1ccc(OCCl)c(OCCl)c1. The second-order valence-electron chi connectivity index (χ2n) is 2.66. The van der Waals surface area contributed by atoms with Gasteiger partial charge in [-0.3, -0.25) is 0 Å². The van der Waals surface area contributed by atoms with Gasteiger partial charge in [0.1, 0.15) is 0 Å². The van der Waals surface area contributed by atoms with Crippen LogP contribution in [0.2, 0.25) is 0 Å². The lowest BCUT2D eigenvalue weighted by atomic mass is 10.3. The summed E-state index contributed by atoms with van der Waals surface area (Å²) < 4.78 is 32.2. The Morgan fingerprint density at radius 3 is 2.19 bits per heavy atom. The van der Waals surface area contributed by atoms with E-state index < -0.39 is 10.0 Å². The number of alkyl halides is 2. The molecule has 0 amide bonds. The van der Waals surface area contributed by atoms with Gasteiger partial charge in [-0.2, -0.15) is 0 Å². The lowest BCUT2D eigenvalue weighted by molar-refractivity contribution is 0.329. The Balaban J connectivity index is 3.17. The van der Waals surface area contributed by atoms with Crippen LogP contribution in [-0.4, -0.2) is 20.5 Å². The van der Waals surface area contributed by atoms with Gasteiger partial charge in [-0.1, -0.05) is 23.2 Å². The lowest BCUT2D eigenvalue weighted by Crippen LogP contribution is -2.12. The Morgan fingerprint density at radius 1 is 1.12 bits per heavy atom. The molecule has 0 fully saturated rings. The molecule has 0 saturated carbocycles. The molecule has 8 heteroatoms. The highest BCUT2D eigenvalue weighted by Crippen LogP contribution is 2.30. The maximum atomic E-state index is 11.1. The van der Waals surface area contributed by atoms with E-state index in [-0.39, 0.29) is 22.8 Å². The number of hydrogen-bond donors (Lipinski definition) is 1. The van der Waals surface area contributed by atoms with Crippen molar-refractivity contribution in [2.24, 2.45) is 5.14 Å². The predicted molar refractivity (Wildman–Crippen MR) is 60.5 cm³/mol. The van der Waals surface area contributed by atoms with Crippen LogP contribution in [0.4, 0.5) is 0 Å². The summed E-state index contributed by atoms with van der Waals surface area (Å²) in [6.07, 6.45) is 0. The van der Waals surface area contributed by atoms with E-state index >= 15 is 0 Å². The van der Waals surface area contributed by atoms with Crippen LogP contribution in [0.25, 0.3) is 0 Å². The second kappa shape index (κ2) is 5.58. The van der Waals surface area contributed by atoms with Crippen molar-refractivity contribution < 1.29 is 17.9 Å². The van der Waals surface area contributed by atoms with E-state index in [0.29, 0.717) is 5.75 Å². The molecular formula is C8H9Cl2NO4S. The molecule has 0 saturated heterocycles. The zero-order chi connectivity index (χ0) is 12.2. The summed E-state index contributed by atoms with van der Waals surface area (Å²) in [5.74, 6) is 0.463. The molecule has 0 radical (unpaired) electrons. The van der Waals surface area contributed by atoms with E-state index in [2.05, 4.69) is 0 Å². The van der Waals surface area contributed by atoms with Gasteiger partial charge < -0.3 is 9.47 Å². The van der Waals surface area contributed by atoms with Crippen LogP contribution in [0, 0.1) is 0 Å². The molecule has 90 valence electrons. The first-order chi connectivity index (χ1) is 7.49. The molecule has 0 aliphatic rings. The van der Waals surface area contributed by atoms with Gasteiger partial charge >= 0.3 is 0 Å². The van der Waals surface area contributed by atoms with Gasteiger partial charge in [0.15, 0.2) is 23.6 Å². The van der Waals surface area contributed by atoms with Gasteiger partial charge in [0.05, 0.1) is 4.90 Å². The third-order valence-corrected chi connectivity index (χ3v) is 2.79. The van der Waals surface area contributed by atoms with Crippen LogP contribution in [0.15, 0.2) is 23.1 Å². The fraction of sp³-hybridized carbons (Fsp3) is 0.250. The van der Waals surface area contributed by atoms with Crippen LogP contribution in [0.3, 0.4) is 0 Å². The first kappa shape index (κ1) is 13.4. The van der Waals surface area contributed by atoms with Crippen LogP contribution in [0.5, 0.6) is 11.5 Å². The minimum absolute atomic E-state index is 0.0884. The highest BCUT2D eigenvalue weighted by atomic mass is 35.5. The van der Waals surface area contributed by atoms with Gasteiger partial charge in [0.2, 0.25) is 10.0 Å². The van der Waals surface area contributed by atoms with E-state index in [1.54, 1.807) is 0 Å². The fourth-order valence-corrected chi connectivity index (χ4v) is 1.78. The zero-order valence-corrected chi connectivity index (χ0v) is 10.3. The van der Waals surface area contributed by atoms with E-state index in [0.717, 1.165) is 0 Å². The van der Waals surface area contributed by atoms with Crippen molar-refractivity contribution in [1.82, 2.24) is 0 Å². The Kier molecular flexibility index (Phi) is 4.67. The van der Waals surface area contributed by atoms with Crippen LogP contribution < -0.4 is 14.6 Å². The summed E-state index contributed by atoms with van der Waals surface area (Å²) in [4.78, 5) is -0.0884. The molecule has 1 rings (SSSR count). The number of hydrogen-bond acceptors (Lipinski definition) is 4. The van der Waals surface area contributed by atoms with Crippen molar-refractivity contribution in [2.75, 3.05) is 12.1 Å². The molecule has 0 bridgehead atoms. The molecule has 0 aliphatic carbocycles. The molecule has 1 aromatic rings. The highest BCUT2D eigenvalue weighted by molar-refractivity contribution is 7.89. The smallest absolute Gasteiger partial charge is 0.238 e. The third kappa shape index (κ3) is 3.41. The number of sulfonamides is 1. The molecular weight excluding hydrogens is 277 g/mol. The Hall–Kier alpha value is -0.690. The quantitative estimate of drug-likeness (QED) is 0.832. The average Bonchev–Trinajstić information content (AvgIpc) is 2.19. The minimum atomic E-state index is -3.79. The number of rotatable bonds is 5. The summed E-state index contributed by atoms with van der Waals surface area (Å²) in [5.41, 5.74) is 0. The Labute approximate surface area is 103 Å². The second-order valence-corrected chi connectivity index (χ2v) is 4.66. The molecule has 0 aliphatic heterocycles. The summed E-state index contributed by atoms with van der Waals surface area (Å²) in [6, 6.07) is 3.67. The molecule has 1 aromatic carbocycles. The van der Waals surface area contributed by atoms with Crippen molar-refractivity contribution in [3.8, 4) is 11.5 Å². The normalized spacial score (nSPS) is 11.2. The zero-order valence-electron chi connectivity index (χ0n) is 8.02. The third-order valence-electron chi connectivity index (χ3n) is 1.66.